The third-order valence-corrected chi connectivity index (χ3v) is 3.06. The maximum Gasteiger partial charge on any atom is 0.243 e. The molecule has 0 aliphatic carbocycles. The minimum Gasteiger partial charge on any atom is -0.396 e. The topological polar surface area (TPSA) is 62.5 Å². The third kappa shape index (κ3) is 2.79. The molecule has 2 aromatic heterocycles. The monoisotopic (exact) mass is 248 g/mol. The maximum absolute atomic E-state index is 8.99. The van der Waals surface area contributed by atoms with E-state index in [4.69, 9.17) is 5.11 Å². The van der Waals surface area contributed by atoms with Crippen LogP contribution in [0.1, 0.15) is 26.0 Å². The first kappa shape index (κ1) is 12.8. The molecule has 0 spiro atoms. The molecule has 0 radical (unpaired) electrons. The van der Waals surface area contributed by atoms with E-state index < -0.39 is 0 Å². The molecule has 5 heteroatoms. The van der Waals surface area contributed by atoms with Crippen molar-refractivity contribution in [1.82, 2.24) is 14.6 Å². The van der Waals surface area contributed by atoms with E-state index in [0.717, 1.165) is 24.3 Å². The van der Waals surface area contributed by atoms with Crippen LogP contribution in [0.2, 0.25) is 0 Å². The molecule has 18 heavy (non-hydrogen) atoms. The van der Waals surface area contributed by atoms with Crippen LogP contribution in [0.15, 0.2) is 18.2 Å². The van der Waals surface area contributed by atoms with Gasteiger partial charge in [-0.3, -0.25) is 0 Å². The summed E-state index contributed by atoms with van der Waals surface area (Å²) in [5.74, 6) is 0.635. The van der Waals surface area contributed by atoms with E-state index in [-0.39, 0.29) is 12.0 Å². The van der Waals surface area contributed by atoms with Crippen LogP contribution in [0.25, 0.3) is 5.65 Å². The van der Waals surface area contributed by atoms with Gasteiger partial charge >= 0.3 is 0 Å². The number of aromatic nitrogens is 3. The van der Waals surface area contributed by atoms with Crippen LogP contribution in [-0.4, -0.2) is 32.9 Å². The highest BCUT2D eigenvalue weighted by molar-refractivity contribution is 5.44. The van der Waals surface area contributed by atoms with Crippen LogP contribution < -0.4 is 5.32 Å². The molecule has 0 fully saturated rings. The average Bonchev–Trinajstić information content (AvgIpc) is 2.71. The molecule has 0 aliphatic heterocycles. The summed E-state index contributed by atoms with van der Waals surface area (Å²) in [4.78, 5) is 4.41. The van der Waals surface area contributed by atoms with Gasteiger partial charge in [-0.15, -0.1) is 5.10 Å². The zero-order valence-corrected chi connectivity index (χ0v) is 11.1. The van der Waals surface area contributed by atoms with Crippen molar-refractivity contribution in [2.45, 2.75) is 27.2 Å². The average molecular weight is 248 g/mol. The number of aliphatic hydroxyl groups is 1. The minimum atomic E-state index is 0.0290. The normalized spacial score (nSPS) is 12.0. The first-order valence-corrected chi connectivity index (χ1v) is 6.19. The number of aryl methyl sites for hydroxylation is 1. The summed E-state index contributed by atoms with van der Waals surface area (Å²) in [5, 5.41) is 16.6. The fourth-order valence-electron chi connectivity index (χ4n) is 1.82. The maximum atomic E-state index is 8.99. The number of pyridine rings is 1. The van der Waals surface area contributed by atoms with Gasteiger partial charge in [0.25, 0.3) is 0 Å². The highest BCUT2D eigenvalue weighted by Gasteiger charge is 2.17. The lowest BCUT2D eigenvalue weighted by molar-refractivity contribution is 0.220. The standard InChI is InChI=1S/C13H20N4O/c1-10-5-4-6-11-15-12(16-17(10)11)14-9-13(2,3)7-8-18/h4-6,18H,7-9H2,1-3H3,(H,14,16). The first-order chi connectivity index (χ1) is 8.52. The molecule has 2 N–H and O–H groups in total. The Morgan fingerprint density at radius 2 is 2.17 bits per heavy atom. The molecule has 0 aliphatic rings. The fraction of sp³-hybridized carbons (Fsp3) is 0.538. The summed E-state index contributed by atoms with van der Waals surface area (Å²) in [7, 11) is 0. The highest BCUT2D eigenvalue weighted by Crippen LogP contribution is 2.20. The van der Waals surface area contributed by atoms with E-state index in [1.807, 2.05) is 29.6 Å². The van der Waals surface area contributed by atoms with Crippen molar-refractivity contribution in [2.75, 3.05) is 18.5 Å². The van der Waals surface area contributed by atoms with Gasteiger partial charge in [0.15, 0.2) is 5.65 Å². The van der Waals surface area contributed by atoms with Gasteiger partial charge in [0, 0.05) is 18.8 Å². The number of hydrogen-bond donors (Lipinski definition) is 2. The molecule has 0 saturated heterocycles. The summed E-state index contributed by atoms with van der Waals surface area (Å²) in [6, 6.07) is 5.91. The van der Waals surface area contributed by atoms with Gasteiger partial charge in [-0.25, -0.2) is 4.52 Å². The van der Waals surface area contributed by atoms with Crippen LogP contribution in [0.4, 0.5) is 5.95 Å². The first-order valence-electron chi connectivity index (χ1n) is 6.19. The van der Waals surface area contributed by atoms with Crippen LogP contribution in [0.3, 0.4) is 0 Å². The number of anilines is 1. The fourth-order valence-corrected chi connectivity index (χ4v) is 1.82. The Hall–Kier alpha value is -1.62. The zero-order chi connectivity index (χ0) is 13.2. The van der Waals surface area contributed by atoms with Crippen molar-refractivity contribution >= 4 is 11.6 Å². The van der Waals surface area contributed by atoms with Crippen molar-refractivity contribution in [2.24, 2.45) is 5.41 Å². The Kier molecular flexibility index (Phi) is 3.52. The van der Waals surface area contributed by atoms with E-state index in [2.05, 4.69) is 29.2 Å². The van der Waals surface area contributed by atoms with Gasteiger partial charge in [-0.2, -0.15) is 4.98 Å². The number of hydrogen-bond acceptors (Lipinski definition) is 4. The number of nitrogens with one attached hydrogen (secondary N) is 1. The number of rotatable bonds is 5. The van der Waals surface area contributed by atoms with Crippen molar-refractivity contribution in [3.05, 3.63) is 23.9 Å². The molecular formula is C13H20N4O. The van der Waals surface area contributed by atoms with Crippen molar-refractivity contribution in [3.8, 4) is 0 Å². The van der Waals surface area contributed by atoms with Crippen LogP contribution >= 0.6 is 0 Å². The lowest BCUT2D eigenvalue weighted by atomic mass is 9.90. The second kappa shape index (κ2) is 4.94. The Labute approximate surface area is 107 Å². The predicted molar refractivity (Wildman–Crippen MR) is 71.7 cm³/mol. The summed E-state index contributed by atoms with van der Waals surface area (Å²) in [6.45, 7) is 7.16. The second-order valence-electron chi connectivity index (χ2n) is 5.36. The third-order valence-electron chi connectivity index (χ3n) is 3.06. The summed E-state index contributed by atoms with van der Waals surface area (Å²) >= 11 is 0. The van der Waals surface area contributed by atoms with Crippen molar-refractivity contribution in [1.29, 1.82) is 0 Å². The van der Waals surface area contributed by atoms with E-state index in [0.29, 0.717) is 5.95 Å². The summed E-state index contributed by atoms with van der Waals surface area (Å²) in [5.41, 5.74) is 1.93. The Bertz CT molecular complexity index is 533. The van der Waals surface area contributed by atoms with Gasteiger partial charge in [-0.1, -0.05) is 19.9 Å². The number of nitrogens with zero attached hydrogens (tertiary/aromatic N) is 3. The summed E-state index contributed by atoms with van der Waals surface area (Å²) < 4.78 is 1.82. The van der Waals surface area contributed by atoms with Gasteiger partial charge in [0.05, 0.1) is 0 Å². The Morgan fingerprint density at radius 1 is 1.39 bits per heavy atom. The van der Waals surface area contributed by atoms with Gasteiger partial charge < -0.3 is 10.4 Å². The second-order valence-corrected chi connectivity index (χ2v) is 5.36. The van der Waals surface area contributed by atoms with E-state index in [1.54, 1.807) is 0 Å². The quantitative estimate of drug-likeness (QED) is 0.847. The lowest BCUT2D eigenvalue weighted by Gasteiger charge is -2.23. The van der Waals surface area contributed by atoms with Crippen molar-refractivity contribution < 1.29 is 5.11 Å². The van der Waals surface area contributed by atoms with E-state index in [1.165, 1.54) is 0 Å². The van der Waals surface area contributed by atoms with Crippen LogP contribution in [-0.2, 0) is 0 Å². The van der Waals surface area contributed by atoms with Gasteiger partial charge in [0.2, 0.25) is 5.95 Å². The molecule has 2 rings (SSSR count). The molecule has 0 saturated carbocycles. The van der Waals surface area contributed by atoms with Gasteiger partial charge in [-0.05, 0) is 30.9 Å². The molecule has 0 atom stereocenters. The van der Waals surface area contributed by atoms with E-state index in [9.17, 15) is 0 Å². The molecule has 0 unspecified atom stereocenters. The SMILES string of the molecule is Cc1cccc2nc(NCC(C)(C)CCO)nn12. The molecule has 0 aromatic carbocycles. The molecule has 0 amide bonds. The molecule has 2 heterocycles. The number of fused-ring (bicyclic) bond motifs is 1. The molecule has 0 bridgehead atoms. The van der Waals surface area contributed by atoms with Crippen LogP contribution in [0, 0.1) is 12.3 Å². The van der Waals surface area contributed by atoms with E-state index >= 15 is 0 Å². The predicted octanol–water partition coefficient (Wildman–Crippen LogP) is 1.86. The largest absolute Gasteiger partial charge is 0.396 e. The van der Waals surface area contributed by atoms with Crippen molar-refractivity contribution in [3.63, 3.8) is 0 Å². The Morgan fingerprint density at radius 3 is 2.83 bits per heavy atom. The lowest BCUT2D eigenvalue weighted by Crippen LogP contribution is -2.24. The Balaban J connectivity index is 2.11. The molecule has 5 nitrogen and oxygen atoms in total. The summed E-state index contributed by atoms with van der Waals surface area (Å²) in [6.07, 6.45) is 0.756. The molecular weight excluding hydrogens is 228 g/mol. The number of aliphatic hydroxyl groups excluding tert-OH is 1. The van der Waals surface area contributed by atoms with Crippen LogP contribution in [0.5, 0.6) is 0 Å². The minimum absolute atomic E-state index is 0.0290. The smallest absolute Gasteiger partial charge is 0.243 e. The zero-order valence-electron chi connectivity index (χ0n) is 11.1. The van der Waals surface area contributed by atoms with Gasteiger partial charge in [0.1, 0.15) is 0 Å². The molecule has 98 valence electrons. The highest BCUT2D eigenvalue weighted by atomic mass is 16.3. The molecule has 2 aromatic rings.